The smallest absolute Gasteiger partial charge is 0.238 e. The first-order valence-electron chi connectivity index (χ1n) is 6.77. The fraction of sp³-hybridized carbons (Fsp3) is 0.235. The second kappa shape index (κ2) is 5.33. The van der Waals surface area contributed by atoms with Crippen LogP contribution in [0.1, 0.15) is 16.7 Å². The molecule has 20 heavy (non-hydrogen) atoms. The van der Waals surface area contributed by atoms with E-state index in [0.29, 0.717) is 0 Å². The molecule has 1 aliphatic rings. The molecule has 1 aliphatic heterocycles. The van der Waals surface area contributed by atoms with Crippen LogP contribution in [0.25, 0.3) is 0 Å². The van der Waals surface area contributed by atoms with Crippen LogP contribution in [0.4, 0.5) is 5.69 Å². The summed E-state index contributed by atoms with van der Waals surface area (Å²) in [6, 6.07) is 14.3. The molecule has 1 N–H and O–H groups in total. The molecule has 0 aliphatic carbocycles. The van der Waals surface area contributed by atoms with Crippen LogP contribution in [0.15, 0.2) is 47.4 Å². The molecule has 0 saturated heterocycles. The highest BCUT2D eigenvalue weighted by atomic mass is 32.2. The Balaban J connectivity index is 1.74. The molecule has 102 valence electrons. The summed E-state index contributed by atoms with van der Waals surface area (Å²) in [6.07, 6.45) is 0.817. The normalized spacial score (nSPS) is 16.8. The Morgan fingerprint density at radius 2 is 1.95 bits per heavy atom. The van der Waals surface area contributed by atoms with Crippen molar-refractivity contribution >= 4 is 23.4 Å². The van der Waals surface area contributed by atoms with Crippen molar-refractivity contribution in [1.29, 1.82) is 0 Å². The van der Waals surface area contributed by atoms with E-state index in [0.717, 1.165) is 17.7 Å². The lowest BCUT2D eigenvalue weighted by molar-refractivity contribution is -0.115. The lowest BCUT2D eigenvalue weighted by Gasteiger charge is -2.13. The van der Waals surface area contributed by atoms with Gasteiger partial charge in [-0.1, -0.05) is 30.3 Å². The molecule has 0 spiro atoms. The van der Waals surface area contributed by atoms with Gasteiger partial charge in [0.2, 0.25) is 5.91 Å². The highest BCUT2D eigenvalue weighted by molar-refractivity contribution is 8.01. The maximum atomic E-state index is 12.4. The minimum atomic E-state index is -0.0210. The molecule has 0 saturated carbocycles. The number of thioether (sulfide) groups is 1. The average Bonchev–Trinajstić information content (AvgIpc) is 2.88. The first-order chi connectivity index (χ1) is 9.65. The summed E-state index contributed by atoms with van der Waals surface area (Å²) in [7, 11) is 0. The number of fused-ring (bicyclic) bond motifs is 1. The third kappa shape index (κ3) is 2.46. The van der Waals surface area contributed by atoms with Crippen molar-refractivity contribution < 1.29 is 4.79 Å². The topological polar surface area (TPSA) is 29.1 Å². The molecule has 2 aromatic rings. The molecule has 1 heterocycles. The molecule has 1 atom stereocenters. The number of carbonyl (C=O) groups excluding carboxylic acids is 1. The van der Waals surface area contributed by atoms with E-state index in [9.17, 15) is 4.79 Å². The van der Waals surface area contributed by atoms with Crippen LogP contribution >= 0.6 is 11.8 Å². The third-order valence-corrected chi connectivity index (χ3v) is 5.12. The number of anilines is 1. The molecular weight excluding hydrogens is 266 g/mol. The monoisotopic (exact) mass is 283 g/mol. The van der Waals surface area contributed by atoms with E-state index >= 15 is 0 Å². The number of hydrogen-bond acceptors (Lipinski definition) is 2. The molecule has 0 bridgehead atoms. The molecular formula is C17H17NOS. The summed E-state index contributed by atoms with van der Waals surface area (Å²) in [6.45, 7) is 4.10. The minimum Gasteiger partial charge on any atom is -0.325 e. The van der Waals surface area contributed by atoms with E-state index in [1.165, 1.54) is 16.0 Å². The fourth-order valence-electron chi connectivity index (χ4n) is 2.43. The van der Waals surface area contributed by atoms with Gasteiger partial charge in [-0.3, -0.25) is 4.79 Å². The van der Waals surface area contributed by atoms with Crippen molar-refractivity contribution in [2.45, 2.75) is 30.4 Å². The van der Waals surface area contributed by atoms with Crippen LogP contribution < -0.4 is 5.32 Å². The van der Waals surface area contributed by atoms with Gasteiger partial charge in [-0.05, 0) is 49.1 Å². The highest BCUT2D eigenvalue weighted by Crippen LogP contribution is 2.37. The maximum absolute atomic E-state index is 12.4. The number of hydrogen-bond donors (Lipinski definition) is 1. The number of nitrogens with one attached hydrogen (secondary N) is 1. The van der Waals surface area contributed by atoms with Gasteiger partial charge in [0.05, 0.1) is 5.25 Å². The molecule has 0 fully saturated rings. The van der Waals surface area contributed by atoms with E-state index < -0.39 is 0 Å². The Hall–Kier alpha value is -1.74. The van der Waals surface area contributed by atoms with Gasteiger partial charge in [-0.25, -0.2) is 0 Å². The number of carbonyl (C=O) groups is 1. The Bertz CT molecular complexity index is 641. The summed E-state index contributed by atoms with van der Waals surface area (Å²) in [5, 5.41) is 3.05. The zero-order chi connectivity index (χ0) is 14.1. The van der Waals surface area contributed by atoms with E-state index in [-0.39, 0.29) is 11.2 Å². The average molecular weight is 283 g/mol. The van der Waals surface area contributed by atoms with Crippen molar-refractivity contribution in [3.05, 3.63) is 59.2 Å². The van der Waals surface area contributed by atoms with Crippen LogP contribution in [0.2, 0.25) is 0 Å². The zero-order valence-corrected chi connectivity index (χ0v) is 12.5. The van der Waals surface area contributed by atoms with Gasteiger partial charge in [0.15, 0.2) is 0 Å². The van der Waals surface area contributed by atoms with E-state index in [4.69, 9.17) is 0 Å². The fourth-order valence-corrected chi connectivity index (χ4v) is 3.62. The van der Waals surface area contributed by atoms with Gasteiger partial charge >= 0.3 is 0 Å². The summed E-state index contributed by atoms with van der Waals surface area (Å²) >= 11 is 1.66. The number of aryl methyl sites for hydroxylation is 1. The first-order valence-corrected chi connectivity index (χ1v) is 7.65. The highest BCUT2D eigenvalue weighted by Gasteiger charge is 2.28. The van der Waals surface area contributed by atoms with Gasteiger partial charge in [-0.2, -0.15) is 0 Å². The van der Waals surface area contributed by atoms with Gasteiger partial charge in [0, 0.05) is 10.6 Å². The number of amides is 1. The predicted octanol–water partition coefficient (Wildman–Crippen LogP) is 3.96. The Kier molecular flexibility index (Phi) is 3.53. The molecule has 2 aromatic carbocycles. The number of rotatable bonds is 2. The van der Waals surface area contributed by atoms with Crippen LogP contribution in [-0.4, -0.2) is 11.2 Å². The lowest BCUT2D eigenvalue weighted by atomic mass is 10.1. The van der Waals surface area contributed by atoms with Crippen molar-refractivity contribution in [2.24, 2.45) is 0 Å². The predicted molar refractivity (Wildman–Crippen MR) is 84.3 cm³/mol. The SMILES string of the molecule is Cc1cccc(NC(=O)C2Cc3ccccc3S2)c1C. The van der Waals surface area contributed by atoms with Gasteiger partial charge < -0.3 is 5.32 Å². The standard InChI is InChI=1S/C17H17NOS/c1-11-6-5-8-14(12(11)2)18-17(19)16-10-13-7-3-4-9-15(13)20-16/h3-9,16H,10H2,1-2H3,(H,18,19). The van der Waals surface area contributed by atoms with Crippen molar-refractivity contribution in [3.63, 3.8) is 0 Å². The first kappa shape index (κ1) is 13.3. The van der Waals surface area contributed by atoms with Crippen LogP contribution in [0.5, 0.6) is 0 Å². The quantitative estimate of drug-likeness (QED) is 0.904. The molecule has 3 rings (SSSR count). The van der Waals surface area contributed by atoms with Crippen molar-refractivity contribution in [3.8, 4) is 0 Å². The summed E-state index contributed by atoms with van der Waals surface area (Å²) in [5.41, 5.74) is 4.54. The molecule has 2 nitrogen and oxygen atoms in total. The summed E-state index contributed by atoms with van der Waals surface area (Å²) in [4.78, 5) is 13.6. The maximum Gasteiger partial charge on any atom is 0.238 e. The molecule has 0 aromatic heterocycles. The Morgan fingerprint density at radius 1 is 1.15 bits per heavy atom. The molecule has 3 heteroatoms. The Labute approximate surface area is 123 Å². The van der Waals surface area contributed by atoms with Crippen molar-refractivity contribution in [1.82, 2.24) is 0 Å². The van der Waals surface area contributed by atoms with E-state index in [1.54, 1.807) is 11.8 Å². The van der Waals surface area contributed by atoms with Gasteiger partial charge in [0.1, 0.15) is 0 Å². The second-order valence-corrected chi connectivity index (χ2v) is 6.40. The lowest BCUT2D eigenvalue weighted by Crippen LogP contribution is -2.25. The molecule has 0 radical (unpaired) electrons. The van der Waals surface area contributed by atoms with Crippen LogP contribution in [-0.2, 0) is 11.2 Å². The van der Waals surface area contributed by atoms with Gasteiger partial charge in [0.25, 0.3) is 0 Å². The van der Waals surface area contributed by atoms with Crippen LogP contribution in [0.3, 0.4) is 0 Å². The molecule has 1 unspecified atom stereocenters. The van der Waals surface area contributed by atoms with E-state index in [1.807, 2.05) is 31.2 Å². The summed E-state index contributed by atoms with van der Waals surface area (Å²) < 4.78 is 0. The second-order valence-electron chi connectivity index (χ2n) is 5.16. The Morgan fingerprint density at radius 3 is 2.75 bits per heavy atom. The van der Waals surface area contributed by atoms with E-state index in [2.05, 4.69) is 30.4 Å². The largest absolute Gasteiger partial charge is 0.325 e. The minimum absolute atomic E-state index is 0.0210. The molecule has 1 amide bonds. The van der Waals surface area contributed by atoms with Crippen molar-refractivity contribution in [2.75, 3.05) is 5.32 Å². The summed E-state index contributed by atoms with van der Waals surface area (Å²) in [5.74, 6) is 0.0971. The van der Waals surface area contributed by atoms with Crippen LogP contribution in [0, 0.1) is 13.8 Å². The number of benzene rings is 2. The van der Waals surface area contributed by atoms with Gasteiger partial charge in [-0.15, -0.1) is 11.8 Å². The third-order valence-electron chi connectivity index (χ3n) is 3.80. The zero-order valence-electron chi connectivity index (χ0n) is 11.6.